The molecule has 92 valence electrons. The molecule has 0 aliphatic rings. The minimum Gasteiger partial charge on any atom is -0.195 e. The van der Waals surface area contributed by atoms with Crippen molar-refractivity contribution >= 4 is 10.2 Å². The molecule has 0 amide bonds. The SMILES string of the molecule is CCCCN(CC)S(=O)(=O)N(C)C(C)C. The number of hydrogen-bond acceptors (Lipinski definition) is 2. The second-order valence-electron chi connectivity index (χ2n) is 3.96. The predicted molar refractivity (Wildman–Crippen MR) is 64.0 cm³/mol. The third-order valence-electron chi connectivity index (χ3n) is 2.53. The lowest BCUT2D eigenvalue weighted by Crippen LogP contribution is -2.45. The highest BCUT2D eigenvalue weighted by Crippen LogP contribution is 2.10. The van der Waals surface area contributed by atoms with Crippen LogP contribution in [0.5, 0.6) is 0 Å². The first-order valence-electron chi connectivity index (χ1n) is 5.61. The molecule has 0 atom stereocenters. The Kier molecular flexibility index (Phi) is 6.40. The van der Waals surface area contributed by atoms with Crippen molar-refractivity contribution in [3.63, 3.8) is 0 Å². The number of unbranched alkanes of at least 4 members (excludes halogenated alkanes) is 1. The topological polar surface area (TPSA) is 40.6 Å². The van der Waals surface area contributed by atoms with Gasteiger partial charge in [-0.25, -0.2) is 0 Å². The standard InChI is InChI=1S/C10H24N2O2S/c1-6-8-9-12(7-2)15(13,14)11(5)10(3)4/h10H,6-9H2,1-5H3. The summed E-state index contributed by atoms with van der Waals surface area (Å²) in [6, 6.07) is 0.00526. The first-order valence-corrected chi connectivity index (χ1v) is 7.00. The van der Waals surface area contributed by atoms with Crippen LogP contribution in [0.2, 0.25) is 0 Å². The number of nitrogens with zero attached hydrogens (tertiary/aromatic N) is 2. The third kappa shape index (κ3) is 4.09. The predicted octanol–water partition coefficient (Wildman–Crippen LogP) is 1.69. The lowest BCUT2D eigenvalue weighted by Gasteiger charge is -2.28. The van der Waals surface area contributed by atoms with E-state index in [0.29, 0.717) is 13.1 Å². The quantitative estimate of drug-likeness (QED) is 0.675. The van der Waals surface area contributed by atoms with Crippen molar-refractivity contribution in [1.82, 2.24) is 8.61 Å². The summed E-state index contributed by atoms with van der Waals surface area (Å²) in [5, 5.41) is 0. The second-order valence-corrected chi connectivity index (χ2v) is 5.95. The molecule has 0 N–H and O–H groups in total. The molecule has 15 heavy (non-hydrogen) atoms. The Morgan fingerprint density at radius 3 is 2.07 bits per heavy atom. The molecule has 0 rings (SSSR count). The van der Waals surface area contributed by atoms with E-state index in [9.17, 15) is 8.42 Å². The summed E-state index contributed by atoms with van der Waals surface area (Å²) in [6.07, 6.45) is 1.93. The molecule has 0 aromatic carbocycles. The molecule has 0 saturated carbocycles. The van der Waals surface area contributed by atoms with E-state index in [2.05, 4.69) is 6.92 Å². The van der Waals surface area contributed by atoms with Crippen LogP contribution in [0.4, 0.5) is 0 Å². The fraction of sp³-hybridized carbons (Fsp3) is 1.00. The van der Waals surface area contributed by atoms with Crippen LogP contribution in [0.3, 0.4) is 0 Å². The van der Waals surface area contributed by atoms with Crippen LogP contribution in [0, 0.1) is 0 Å². The van der Waals surface area contributed by atoms with Gasteiger partial charge in [-0.1, -0.05) is 20.3 Å². The maximum atomic E-state index is 12.1. The van der Waals surface area contributed by atoms with Crippen molar-refractivity contribution in [3.05, 3.63) is 0 Å². The minimum absolute atomic E-state index is 0.00526. The van der Waals surface area contributed by atoms with Gasteiger partial charge in [0.15, 0.2) is 0 Å². The summed E-state index contributed by atoms with van der Waals surface area (Å²) in [4.78, 5) is 0. The van der Waals surface area contributed by atoms with Gasteiger partial charge in [0.2, 0.25) is 0 Å². The second kappa shape index (κ2) is 6.45. The van der Waals surface area contributed by atoms with Crippen LogP contribution < -0.4 is 0 Å². The van der Waals surface area contributed by atoms with E-state index >= 15 is 0 Å². The zero-order valence-electron chi connectivity index (χ0n) is 10.5. The van der Waals surface area contributed by atoms with E-state index in [1.807, 2.05) is 20.8 Å². The summed E-state index contributed by atoms with van der Waals surface area (Å²) in [7, 11) is -1.62. The molecule has 0 unspecified atom stereocenters. The zero-order chi connectivity index (χ0) is 12.1. The molecule has 0 radical (unpaired) electrons. The maximum absolute atomic E-state index is 12.1. The molecule has 0 bridgehead atoms. The molecule has 5 heteroatoms. The van der Waals surface area contributed by atoms with Gasteiger partial charge in [-0.05, 0) is 20.3 Å². The fourth-order valence-electron chi connectivity index (χ4n) is 1.22. The van der Waals surface area contributed by atoms with Gasteiger partial charge in [0.1, 0.15) is 0 Å². The Morgan fingerprint density at radius 1 is 1.20 bits per heavy atom. The first kappa shape index (κ1) is 14.9. The summed E-state index contributed by atoms with van der Waals surface area (Å²) in [5.41, 5.74) is 0. The van der Waals surface area contributed by atoms with Crippen molar-refractivity contribution in [2.75, 3.05) is 20.1 Å². The average Bonchev–Trinajstić information content (AvgIpc) is 2.17. The van der Waals surface area contributed by atoms with Crippen LogP contribution in [-0.4, -0.2) is 43.2 Å². The van der Waals surface area contributed by atoms with Gasteiger partial charge in [-0.2, -0.15) is 17.0 Å². The molecule has 0 saturated heterocycles. The molecular weight excluding hydrogens is 212 g/mol. The average molecular weight is 236 g/mol. The Labute approximate surface area is 94.4 Å². The van der Waals surface area contributed by atoms with Crippen LogP contribution in [0.25, 0.3) is 0 Å². The van der Waals surface area contributed by atoms with E-state index in [4.69, 9.17) is 0 Å². The zero-order valence-corrected chi connectivity index (χ0v) is 11.3. The van der Waals surface area contributed by atoms with Gasteiger partial charge in [-0.3, -0.25) is 0 Å². The fourth-order valence-corrected chi connectivity index (χ4v) is 2.80. The van der Waals surface area contributed by atoms with Gasteiger partial charge in [0.05, 0.1) is 0 Å². The molecule has 0 aliphatic heterocycles. The number of rotatable bonds is 7. The van der Waals surface area contributed by atoms with Gasteiger partial charge >= 0.3 is 0 Å². The van der Waals surface area contributed by atoms with Gasteiger partial charge in [0.25, 0.3) is 10.2 Å². The summed E-state index contributed by atoms with van der Waals surface area (Å²) in [5.74, 6) is 0. The van der Waals surface area contributed by atoms with E-state index in [1.165, 1.54) is 8.61 Å². The van der Waals surface area contributed by atoms with Crippen molar-refractivity contribution in [2.45, 2.75) is 46.6 Å². The van der Waals surface area contributed by atoms with Crippen LogP contribution in [0.15, 0.2) is 0 Å². The van der Waals surface area contributed by atoms with Crippen molar-refractivity contribution < 1.29 is 8.42 Å². The normalized spacial score (nSPS) is 13.1. The Morgan fingerprint density at radius 2 is 1.73 bits per heavy atom. The van der Waals surface area contributed by atoms with E-state index in [0.717, 1.165) is 12.8 Å². The Hall–Kier alpha value is -0.130. The molecule has 0 aromatic rings. The summed E-state index contributed by atoms with van der Waals surface area (Å²) in [6.45, 7) is 8.86. The minimum atomic E-state index is -3.26. The van der Waals surface area contributed by atoms with Crippen molar-refractivity contribution in [3.8, 4) is 0 Å². The molecule has 4 nitrogen and oxygen atoms in total. The highest BCUT2D eigenvalue weighted by atomic mass is 32.2. The van der Waals surface area contributed by atoms with Gasteiger partial charge in [-0.15, -0.1) is 0 Å². The first-order chi connectivity index (χ1) is 6.87. The molecule has 0 fully saturated rings. The van der Waals surface area contributed by atoms with Crippen molar-refractivity contribution in [2.24, 2.45) is 0 Å². The van der Waals surface area contributed by atoms with Gasteiger partial charge < -0.3 is 0 Å². The Balaban J connectivity index is 4.66. The van der Waals surface area contributed by atoms with Crippen LogP contribution >= 0.6 is 0 Å². The molecular formula is C10H24N2O2S. The third-order valence-corrected chi connectivity index (χ3v) is 4.77. The lowest BCUT2D eigenvalue weighted by molar-refractivity contribution is 0.338. The molecule has 0 heterocycles. The van der Waals surface area contributed by atoms with E-state index < -0.39 is 10.2 Å². The number of hydrogen-bond donors (Lipinski definition) is 0. The molecule has 0 spiro atoms. The largest absolute Gasteiger partial charge is 0.281 e. The summed E-state index contributed by atoms with van der Waals surface area (Å²) < 4.78 is 27.1. The smallest absolute Gasteiger partial charge is 0.195 e. The highest BCUT2D eigenvalue weighted by molar-refractivity contribution is 7.86. The summed E-state index contributed by atoms with van der Waals surface area (Å²) >= 11 is 0. The monoisotopic (exact) mass is 236 g/mol. The van der Waals surface area contributed by atoms with Crippen LogP contribution in [0.1, 0.15) is 40.5 Å². The highest BCUT2D eigenvalue weighted by Gasteiger charge is 2.26. The van der Waals surface area contributed by atoms with E-state index in [-0.39, 0.29) is 6.04 Å². The van der Waals surface area contributed by atoms with Gasteiger partial charge in [0, 0.05) is 26.2 Å². The van der Waals surface area contributed by atoms with Crippen molar-refractivity contribution in [1.29, 1.82) is 0 Å². The van der Waals surface area contributed by atoms with Crippen LogP contribution in [-0.2, 0) is 10.2 Å². The maximum Gasteiger partial charge on any atom is 0.281 e. The van der Waals surface area contributed by atoms with E-state index in [1.54, 1.807) is 7.05 Å². The Bertz CT molecular complexity index is 263. The lowest BCUT2D eigenvalue weighted by atomic mass is 10.3. The molecule has 0 aliphatic carbocycles. The molecule has 0 aromatic heterocycles.